The smallest absolute Gasteiger partial charge is 0.412 e. The molecule has 0 unspecified atom stereocenters. The second-order valence-electron chi connectivity index (χ2n) is 3.15. The van der Waals surface area contributed by atoms with Gasteiger partial charge >= 0.3 is 6.09 Å². The largest absolute Gasteiger partial charge is 0.453 e. The van der Waals surface area contributed by atoms with Gasteiger partial charge in [0.25, 0.3) is 0 Å². The number of carbonyl (C=O) groups is 1. The number of nitrogens with one attached hydrogen (secondary N) is 1. The predicted molar refractivity (Wildman–Crippen MR) is 52.1 cm³/mol. The molecule has 1 aromatic rings. The quantitative estimate of drug-likeness (QED) is 0.781. The van der Waals surface area contributed by atoms with Gasteiger partial charge in [-0.3, -0.25) is 5.32 Å². The van der Waals surface area contributed by atoms with Gasteiger partial charge in [0.2, 0.25) is 0 Å². The molecule has 0 radical (unpaired) electrons. The van der Waals surface area contributed by atoms with Crippen molar-refractivity contribution in [2.24, 2.45) is 0 Å². The average molecular weight is 195 g/mol. The zero-order valence-electron chi connectivity index (χ0n) is 8.44. The van der Waals surface area contributed by atoms with E-state index in [4.69, 9.17) is 0 Å². The Kier molecular flexibility index (Phi) is 3.39. The first-order valence-corrected chi connectivity index (χ1v) is 4.31. The number of aromatic nitrogens is 2. The molecule has 0 saturated carbocycles. The number of methoxy groups -OCH3 is 1. The van der Waals surface area contributed by atoms with E-state index in [2.05, 4.69) is 20.3 Å². The molecule has 1 aromatic heterocycles. The third-order valence-corrected chi connectivity index (χ3v) is 1.76. The topological polar surface area (TPSA) is 64.1 Å². The maximum absolute atomic E-state index is 10.9. The fraction of sp³-hybridized carbons (Fsp3) is 0.444. The Labute approximate surface area is 82.5 Å². The summed E-state index contributed by atoms with van der Waals surface area (Å²) in [7, 11) is 1.30. The SMILES string of the molecule is COC(=O)Nc1cc(C(C)C)cnn1. The third kappa shape index (κ3) is 2.69. The molecule has 1 heterocycles. The van der Waals surface area contributed by atoms with Gasteiger partial charge in [0.1, 0.15) is 0 Å². The van der Waals surface area contributed by atoms with E-state index in [0.29, 0.717) is 11.7 Å². The minimum Gasteiger partial charge on any atom is -0.453 e. The van der Waals surface area contributed by atoms with Crippen LogP contribution in [0.15, 0.2) is 12.3 Å². The lowest BCUT2D eigenvalue weighted by molar-refractivity contribution is 0.187. The molecular weight excluding hydrogens is 182 g/mol. The maximum Gasteiger partial charge on any atom is 0.412 e. The highest BCUT2D eigenvalue weighted by Gasteiger charge is 2.05. The lowest BCUT2D eigenvalue weighted by Gasteiger charge is -2.06. The zero-order valence-corrected chi connectivity index (χ0v) is 8.44. The van der Waals surface area contributed by atoms with Crippen LogP contribution < -0.4 is 5.32 Å². The fourth-order valence-corrected chi connectivity index (χ4v) is 0.914. The van der Waals surface area contributed by atoms with Gasteiger partial charge in [-0.05, 0) is 17.5 Å². The van der Waals surface area contributed by atoms with Crippen molar-refractivity contribution >= 4 is 11.9 Å². The summed E-state index contributed by atoms with van der Waals surface area (Å²) < 4.78 is 4.44. The van der Waals surface area contributed by atoms with Crippen LogP contribution in [0.1, 0.15) is 25.3 Å². The van der Waals surface area contributed by atoms with Crippen molar-refractivity contribution in [3.05, 3.63) is 17.8 Å². The van der Waals surface area contributed by atoms with E-state index in [9.17, 15) is 4.79 Å². The van der Waals surface area contributed by atoms with Crippen LogP contribution in [-0.4, -0.2) is 23.4 Å². The number of ether oxygens (including phenoxy) is 1. The van der Waals surface area contributed by atoms with Gasteiger partial charge in [-0.1, -0.05) is 13.8 Å². The van der Waals surface area contributed by atoms with Gasteiger partial charge in [0.15, 0.2) is 5.82 Å². The van der Waals surface area contributed by atoms with E-state index >= 15 is 0 Å². The standard InChI is InChI=1S/C9H13N3O2/c1-6(2)7-4-8(12-10-5-7)11-9(13)14-3/h4-6H,1-3H3,(H,11,12,13). The van der Waals surface area contributed by atoms with E-state index in [1.165, 1.54) is 7.11 Å². The molecule has 0 saturated heterocycles. The van der Waals surface area contributed by atoms with Gasteiger partial charge in [0.05, 0.1) is 13.3 Å². The molecule has 0 aliphatic rings. The summed E-state index contributed by atoms with van der Waals surface area (Å²) in [4.78, 5) is 10.9. The Morgan fingerprint density at radius 3 is 2.86 bits per heavy atom. The van der Waals surface area contributed by atoms with Crippen LogP contribution in [0.4, 0.5) is 10.6 Å². The van der Waals surface area contributed by atoms with Crippen molar-refractivity contribution in [2.45, 2.75) is 19.8 Å². The van der Waals surface area contributed by atoms with Crippen molar-refractivity contribution in [1.29, 1.82) is 0 Å². The van der Waals surface area contributed by atoms with Crippen molar-refractivity contribution in [1.82, 2.24) is 10.2 Å². The van der Waals surface area contributed by atoms with Gasteiger partial charge < -0.3 is 4.74 Å². The minimum absolute atomic E-state index is 0.351. The van der Waals surface area contributed by atoms with E-state index in [-0.39, 0.29) is 0 Å². The molecule has 0 aromatic carbocycles. The third-order valence-electron chi connectivity index (χ3n) is 1.76. The molecule has 0 aliphatic heterocycles. The zero-order chi connectivity index (χ0) is 10.6. The summed E-state index contributed by atoms with van der Waals surface area (Å²) in [5, 5.41) is 9.97. The molecule has 1 amide bonds. The second kappa shape index (κ2) is 4.55. The number of carbonyl (C=O) groups excluding carboxylic acids is 1. The predicted octanol–water partition coefficient (Wildman–Crippen LogP) is 1.78. The number of nitrogens with zero attached hydrogens (tertiary/aromatic N) is 2. The summed E-state index contributed by atoms with van der Waals surface area (Å²) in [5.41, 5.74) is 1.02. The maximum atomic E-state index is 10.9. The molecule has 14 heavy (non-hydrogen) atoms. The summed E-state index contributed by atoms with van der Waals surface area (Å²) in [5.74, 6) is 0.756. The first-order chi connectivity index (χ1) is 6.63. The Morgan fingerprint density at radius 1 is 1.57 bits per heavy atom. The van der Waals surface area contributed by atoms with E-state index < -0.39 is 6.09 Å². The average Bonchev–Trinajstić information content (AvgIpc) is 2.18. The van der Waals surface area contributed by atoms with Crippen molar-refractivity contribution in [2.75, 3.05) is 12.4 Å². The van der Waals surface area contributed by atoms with Crippen molar-refractivity contribution < 1.29 is 9.53 Å². The van der Waals surface area contributed by atoms with Crippen LogP contribution in [0.3, 0.4) is 0 Å². The number of rotatable bonds is 2. The number of amides is 1. The summed E-state index contributed by atoms with van der Waals surface area (Å²) in [6, 6.07) is 1.77. The first kappa shape index (κ1) is 10.4. The molecule has 0 atom stereocenters. The van der Waals surface area contributed by atoms with Gasteiger partial charge in [0, 0.05) is 0 Å². The van der Waals surface area contributed by atoms with Crippen LogP contribution in [0.5, 0.6) is 0 Å². The molecule has 0 spiro atoms. The Morgan fingerprint density at radius 2 is 2.29 bits per heavy atom. The molecule has 5 nitrogen and oxygen atoms in total. The molecule has 1 rings (SSSR count). The molecule has 0 aliphatic carbocycles. The molecular formula is C9H13N3O2. The highest BCUT2D eigenvalue weighted by Crippen LogP contribution is 2.14. The lowest BCUT2D eigenvalue weighted by Crippen LogP contribution is -2.12. The van der Waals surface area contributed by atoms with Crippen LogP contribution >= 0.6 is 0 Å². The van der Waals surface area contributed by atoms with Gasteiger partial charge in [-0.15, -0.1) is 5.10 Å². The molecule has 1 N–H and O–H groups in total. The number of anilines is 1. The Balaban J connectivity index is 2.78. The Bertz CT molecular complexity index is 326. The minimum atomic E-state index is -0.541. The van der Waals surface area contributed by atoms with E-state index in [1.54, 1.807) is 12.3 Å². The molecule has 76 valence electrons. The molecule has 0 bridgehead atoms. The van der Waals surface area contributed by atoms with Crippen LogP contribution in [0.2, 0.25) is 0 Å². The van der Waals surface area contributed by atoms with E-state index in [1.807, 2.05) is 13.8 Å². The van der Waals surface area contributed by atoms with Gasteiger partial charge in [-0.2, -0.15) is 5.10 Å². The van der Waals surface area contributed by atoms with Crippen LogP contribution in [0, 0.1) is 0 Å². The number of hydrogen-bond acceptors (Lipinski definition) is 4. The fourth-order valence-electron chi connectivity index (χ4n) is 0.914. The first-order valence-electron chi connectivity index (χ1n) is 4.31. The summed E-state index contributed by atoms with van der Waals surface area (Å²) >= 11 is 0. The van der Waals surface area contributed by atoms with Gasteiger partial charge in [-0.25, -0.2) is 4.79 Å². The highest BCUT2D eigenvalue weighted by molar-refractivity contribution is 5.83. The summed E-state index contributed by atoms with van der Waals surface area (Å²) in [6.45, 7) is 4.08. The lowest BCUT2D eigenvalue weighted by atomic mass is 10.1. The summed E-state index contributed by atoms with van der Waals surface area (Å²) in [6.07, 6.45) is 1.13. The normalized spacial score (nSPS) is 10.0. The van der Waals surface area contributed by atoms with Crippen molar-refractivity contribution in [3.8, 4) is 0 Å². The monoisotopic (exact) mass is 195 g/mol. The van der Waals surface area contributed by atoms with Crippen LogP contribution in [-0.2, 0) is 4.74 Å². The second-order valence-corrected chi connectivity index (χ2v) is 3.15. The Hall–Kier alpha value is -1.65. The van der Waals surface area contributed by atoms with Crippen LogP contribution in [0.25, 0.3) is 0 Å². The van der Waals surface area contributed by atoms with E-state index in [0.717, 1.165) is 5.56 Å². The highest BCUT2D eigenvalue weighted by atomic mass is 16.5. The van der Waals surface area contributed by atoms with Crippen molar-refractivity contribution in [3.63, 3.8) is 0 Å². The molecule has 0 fully saturated rings. The number of hydrogen-bond donors (Lipinski definition) is 1. The molecule has 5 heteroatoms.